The van der Waals surface area contributed by atoms with E-state index in [9.17, 15) is 18.5 Å². The van der Waals surface area contributed by atoms with Crippen LogP contribution in [0.15, 0.2) is 79.5 Å². The summed E-state index contributed by atoms with van der Waals surface area (Å²) >= 11 is 6.69. The molecule has 0 fully saturated rings. The number of rotatable bonds is 6. The van der Waals surface area contributed by atoms with Crippen LogP contribution in [-0.4, -0.2) is 19.6 Å². The highest BCUT2D eigenvalue weighted by Crippen LogP contribution is 2.34. The van der Waals surface area contributed by atoms with E-state index in [1.165, 1.54) is 42.6 Å². The van der Waals surface area contributed by atoms with Crippen molar-refractivity contribution < 1.29 is 17.5 Å². The molecular weight excluding hydrogens is 540 g/mol. The molecule has 3 aromatic carbocycles. The number of hydrogen-bond acceptors (Lipinski definition) is 6. The third-order valence-electron chi connectivity index (χ3n) is 3.95. The van der Waals surface area contributed by atoms with Crippen LogP contribution >= 0.6 is 31.9 Å². The summed E-state index contributed by atoms with van der Waals surface area (Å²) in [5.74, 6) is 0.0736. The summed E-state index contributed by atoms with van der Waals surface area (Å²) in [5.41, 5.74) is 1.73. The maximum absolute atomic E-state index is 12.7. The molecule has 0 aliphatic heterocycles. The summed E-state index contributed by atoms with van der Waals surface area (Å²) in [6, 6.07) is 15.3. The Morgan fingerprint density at radius 1 is 1.03 bits per heavy atom. The molecule has 0 N–H and O–H groups in total. The number of non-ortho nitro benzene ring substituents is 1. The first kappa shape index (κ1) is 22.1. The van der Waals surface area contributed by atoms with Crippen LogP contribution in [0.2, 0.25) is 0 Å². The molecule has 0 saturated carbocycles. The van der Waals surface area contributed by atoms with Gasteiger partial charge in [-0.15, -0.1) is 0 Å². The van der Waals surface area contributed by atoms with Crippen molar-refractivity contribution in [2.75, 3.05) is 0 Å². The molecule has 10 heteroatoms. The molecule has 30 heavy (non-hydrogen) atoms. The smallest absolute Gasteiger partial charge is 0.339 e. The molecule has 0 heterocycles. The van der Waals surface area contributed by atoms with Gasteiger partial charge in [-0.2, -0.15) is 8.42 Å². The van der Waals surface area contributed by atoms with E-state index in [1.807, 2.05) is 6.92 Å². The number of benzene rings is 3. The van der Waals surface area contributed by atoms with Crippen LogP contribution in [0.25, 0.3) is 0 Å². The van der Waals surface area contributed by atoms with Gasteiger partial charge in [0.2, 0.25) is 0 Å². The van der Waals surface area contributed by atoms with Gasteiger partial charge in [0.05, 0.1) is 15.1 Å². The summed E-state index contributed by atoms with van der Waals surface area (Å²) in [6.07, 6.45) is 1.43. The van der Waals surface area contributed by atoms with E-state index >= 15 is 0 Å². The minimum absolute atomic E-state index is 0.0289. The number of nitro groups is 1. The van der Waals surface area contributed by atoms with Crippen LogP contribution < -0.4 is 4.18 Å². The summed E-state index contributed by atoms with van der Waals surface area (Å²) in [6.45, 7) is 1.86. The lowest BCUT2D eigenvalue weighted by molar-refractivity contribution is -0.384. The largest absolute Gasteiger partial charge is 0.377 e. The fourth-order valence-electron chi connectivity index (χ4n) is 2.43. The minimum atomic E-state index is -4.07. The van der Waals surface area contributed by atoms with Crippen molar-refractivity contribution in [1.82, 2.24) is 0 Å². The molecule has 7 nitrogen and oxygen atoms in total. The van der Waals surface area contributed by atoms with Gasteiger partial charge in [-0.05, 0) is 59.3 Å². The minimum Gasteiger partial charge on any atom is -0.377 e. The van der Waals surface area contributed by atoms with Gasteiger partial charge in [0.1, 0.15) is 4.90 Å². The maximum atomic E-state index is 12.7. The standard InChI is InChI=1S/C20H14Br2N2O5S/c1-13-2-8-18(9-3-13)30(27,28)29-20-14(10-15(21)11-19(20)22)12-23-16-4-6-17(7-5-16)24(25)26/h2-12H,1H3. The van der Waals surface area contributed by atoms with Gasteiger partial charge >= 0.3 is 10.1 Å². The lowest BCUT2D eigenvalue weighted by Crippen LogP contribution is -2.11. The van der Waals surface area contributed by atoms with Crippen LogP contribution in [0.1, 0.15) is 11.1 Å². The lowest BCUT2D eigenvalue weighted by atomic mass is 10.2. The van der Waals surface area contributed by atoms with E-state index in [4.69, 9.17) is 4.18 Å². The van der Waals surface area contributed by atoms with Crippen LogP contribution in [-0.2, 0) is 10.1 Å². The van der Waals surface area contributed by atoms with Crippen LogP contribution in [0.5, 0.6) is 5.75 Å². The Balaban J connectivity index is 1.96. The highest BCUT2D eigenvalue weighted by atomic mass is 79.9. The van der Waals surface area contributed by atoms with Crippen molar-refractivity contribution in [2.24, 2.45) is 4.99 Å². The van der Waals surface area contributed by atoms with Crippen molar-refractivity contribution in [1.29, 1.82) is 0 Å². The first-order chi connectivity index (χ1) is 14.2. The van der Waals surface area contributed by atoms with Crippen LogP contribution in [0.4, 0.5) is 11.4 Å². The van der Waals surface area contributed by atoms with Crippen molar-refractivity contribution in [3.05, 3.63) is 90.9 Å². The Labute approximate surface area is 190 Å². The predicted molar refractivity (Wildman–Crippen MR) is 121 cm³/mol. The Morgan fingerprint density at radius 2 is 1.67 bits per heavy atom. The van der Waals surface area contributed by atoms with Crippen molar-refractivity contribution in [2.45, 2.75) is 11.8 Å². The number of halogens is 2. The van der Waals surface area contributed by atoms with Crippen molar-refractivity contribution in [3.8, 4) is 5.75 Å². The Kier molecular flexibility index (Phi) is 6.69. The summed E-state index contributed by atoms with van der Waals surface area (Å²) in [4.78, 5) is 14.6. The normalized spacial score (nSPS) is 11.6. The number of nitrogens with zero attached hydrogens (tertiary/aromatic N) is 2. The van der Waals surface area contributed by atoms with Gasteiger partial charge in [0.15, 0.2) is 5.75 Å². The highest BCUT2D eigenvalue weighted by Gasteiger charge is 2.20. The molecule has 154 valence electrons. The quantitative estimate of drug-likeness (QED) is 0.163. The zero-order chi connectivity index (χ0) is 21.9. The van der Waals surface area contributed by atoms with Gasteiger partial charge in [-0.3, -0.25) is 15.1 Å². The second-order valence-corrected chi connectivity index (χ2v) is 9.50. The second-order valence-electron chi connectivity index (χ2n) is 6.19. The monoisotopic (exact) mass is 552 g/mol. The van der Waals surface area contributed by atoms with Crippen molar-refractivity contribution in [3.63, 3.8) is 0 Å². The van der Waals surface area contributed by atoms with Gasteiger partial charge < -0.3 is 4.18 Å². The molecule has 0 bridgehead atoms. The molecule has 0 radical (unpaired) electrons. The molecule has 0 aromatic heterocycles. The molecule has 0 amide bonds. The van der Waals surface area contributed by atoms with Gasteiger partial charge in [-0.1, -0.05) is 33.6 Å². The topological polar surface area (TPSA) is 98.9 Å². The van der Waals surface area contributed by atoms with Crippen molar-refractivity contribution >= 4 is 59.6 Å². The first-order valence-corrected chi connectivity index (χ1v) is 11.4. The average Bonchev–Trinajstić information content (AvgIpc) is 2.69. The lowest BCUT2D eigenvalue weighted by Gasteiger charge is -2.12. The van der Waals surface area contributed by atoms with Gasteiger partial charge in [0.25, 0.3) is 5.69 Å². The third kappa shape index (κ3) is 5.32. The van der Waals surface area contributed by atoms with Crippen LogP contribution in [0.3, 0.4) is 0 Å². The number of hydrogen-bond donors (Lipinski definition) is 0. The zero-order valence-electron chi connectivity index (χ0n) is 15.5. The Bertz CT molecular complexity index is 1230. The van der Waals surface area contributed by atoms with E-state index in [0.717, 1.165) is 5.56 Å². The summed E-state index contributed by atoms with van der Waals surface area (Å²) in [5, 5.41) is 10.8. The number of aryl methyl sites for hydroxylation is 1. The zero-order valence-corrected chi connectivity index (χ0v) is 19.4. The SMILES string of the molecule is Cc1ccc(S(=O)(=O)Oc2c(Br)cc(Br)cc2C=Nc2ccc([N+](=O)[O-])cc2)cc1. The predicted octanol–water partition coefficient (Wildman–Crippen LogP) is 5.95. The summed E-state index contributed by atoms with van der Waals surface area (Å²) < 4.78 is 31.9. The van der Waals surface area contributed by atoms with Gasteiger partial charge in [0, 0.05) is 28.4 Å². The number of aliphatic imine (C=N–C) groups is 1. The molecule has 0 spiro atoms. The molecule has 0 saturated heterocycles. The Morgan fingerprint density at radius 3 is 2.27 bits per heavy atom. The fraction of sp³-hybridized carbons (Fsp3) is 0.0500. The number of nitro benzene ring substituents is 1. The molecule has 3 rings (SSSR count). The second kappa shape index (κ2) is 9.07. The third-order valence-corrected chi connectivity index (χ3v) is 6.24. The Hall–Kier alpha value is -2.56. The van der Waals surface area contributed by atoms with Gasteiger partial charge in [-0.25, -0.2) is 0 Å². The molecule has 0 atom stereocenters. The molecule has 0 aliphatic rings. The molecule has 0 unspecified atom stereocenters. The van der Waals surface area contributed by atoms with E-state index in [0.29, 0.717) is 20.2 Å². The average molecular weight is 554 g/mol. The highest BCUT2D eigenvalue weighted by molar-refractivity contribution is 9.11. The molecule has 0 aliphatic carbocycles. The van der Waals surface area contributed by atoms with E-state index in [-0.39, 0.29) is 16.3 Å². The fourth-order valence-corrected chi connectivity index (χ4v) is 4.85. The first-order valence-electron chi connectivity index (χ1n) is 8.44. The van der Waals surface area contributed by atoms with E-state index in [1.54, 1.807) is 24.3 Å². The van der Waals surface area contributed by atoms with Crippen LogP contribution in [0, 0.1) is 17.0 Å². The molecular formula is C20H14Br2N2O5S. The van der Waals surface area contributed by atoms with E-state index in [2.05, 4.69) is 36.9 Å². The molecule has 3 aromatic rings. The maximum Gasteiger partial charge on any atom is 0.339 e. The summed E-state index contributed by atoms with van der Waals surface area (Å²) in [7, 11) is -4.07. The van der Waals surface area contributed by atoms with E-state index < -0.39 is 15.0 Å².